The van der Waals surface area contributed by atoms with E-state index in [2.05, 4.69) is 16.7 Å². The summed E-state index contributed by atoms with van der Waals surface area (Å²) in [4.78, 5) is 7.59. The molecule has 2 nitrogen and oxygen atoms in total. The molecule has 16 heavy (non-hydrogen) atoms. The van der Waals surface area contributed by atoms with E-state index in [0.29, 0.717) is 22.3 Å². The fourth-order valence-corrected chi connectivity index (χ4v) is 1.62. The van der Waals surface area contributed by atoms with Crippen LogP contribution < -0.4 is 0 Å². The van der Waals surface area contributed by atoms with Gasteiger partial charge in [-0.25, -0.2) is 0 Å². The van der Waals surface area contributed by atoms with Crippen LogP contribution in [0.1, 0.15) is 5.56 Å². The van der Waals surface area contributed by atoms with Crippen molar-refractivity contribution in [2.24, 2.45) is 9.98 Å². The van der Waals surface area contributed by atoms with Crippen LogP contribution in [0, 0.1) is 0 Å². The Bertz CT molecular complexity index is 422. The molecule has 0 unspecified atom stereocenters. The lowest BCUT2D eigenvalue weighted by Gasteiger charge is -2.06. The number of allylic oxidation sites excluding steroid dienone is 1. The summed E-state index contributed by atoms with van der Waals surface area (Å²) in [7, 11) is 1.61. The maximum atomic E-state index is 5.97. The van der Waals surface area contributed by atoms with Crippen LogP contribution in [-0.2, 0) is 6.42 Å². The Morgan fingerprint density at radius 3 is 2.38 bits per heavy atom. The Morgan fingerprint density at radius 2 is 1.88 bits per heavy atom. The van der Waals surface area contributed by atoms with Crippen LogP contribution in [-0.4, -0.2) is 18.9 Å². The summed E-state index contributed by atoms with van der Waals surface area (Å²) < 4.78 is 0. The Balaban J connectivity index is 3.02. The van der Waals surface area contributed by atoms with E-state index in [0.717, 1.165) is 5.56 Å². The molecule has 84 valence electrons. The SMILES string of the molecule is C=N/C(Cl)=C(/Cc1ccccc1)C(Cl)=NC. The first-order chi connectivity index (χ1) is 7.69. The summed E-state index contributed by atoms with van der Waals surface area (Å²) in [6, 6.07) is 9.86. The minimum Gasteiger partial charge on any atom is -0.276 e. The quantitative estimate of drug-likeness (QED) is 0.579. The molecule has 1 aromatic carbocycles. The highest BCUT2D eigenvalue weighted by molar-refractivity contribution is 6.70. The zero-order valence-corrected chi connectivity index (χ0v) is 10.5. The van der Waals surface area contributed by atoms with Crippen LogP contribution in [0.4, 0.5) is 0 Å². The van der Waals surface area contributed by atoms with Crippen molar-refractivity contribution in [1.82, 2.24) is 0 Å². The van der Waals surface area contributed by atoms with Crippen molar-refractivity contribution in [3.05, 3.63) is 46.6 Å². The van der Waals surface area contributed by atoms with E-state index in [1.807, 2.05) is 30.3 Å². The molecule has 1 aromatic rings. The van der Waals surface area contributed by atoms with Gasteiger partial charge in [-0.15, -0.1) is 0 Å². The lowest BCUT2D eigenvalue weighted by atomic mass is 10.1. The zero-order chi connectivity index (χ0) is 12.0. The third-order valence-corrected chi connectivity index (χ3v) is 2.80. The summed E-state index contributed by atoms with van der Waals surface area (Å²) in [5, 5.41) is 0.653. The highest BCUT2D eigenvalue weighted by atomic mass is 35.5. The molecular weight excluding hydrogens is 243 g/mol. The number of rotatable bonds is 4. The van der Waals surface area contributed by atoms with Crippen molar-refractivity contribution in [3.8, 4) is 0 Å². The molecule has 0 aliphatic rings. The minimum absolute atomic E-state index is 0.291. The van der Waals surface area contributed by atoms with Gasteiger partial charge in [0.1, 0.15) is 10.3 Å². The molecule has 0 radical (unpaired) electrons. The van der Waals surface area contributed by atoms with Gasteiger partial charge in [-0.1, -0.05) is 53.5 Å². The van der Waals surface area contributed by atoms with Gasteiger partial charge >= 0.3 is 0 Å². The van der Waals surface area contributed by atoms with Crippen LogP contribution >= 0.6 is 23.2 Å². The number of hydrogen-bond donors (Lipinski definition) is 0. The van der Waals surface area contributed by atoms with Gasteiger partial charge in [0, 0.05) is 19.0 Å². The molecule has 0 aliphatic carbocycles. The van der Waals surface area contributed by atoms with E-state index in [4.69, 9.17) is 23.2 Å². The molecule has 0 N–H and O–H groups in total. The van der Waals surface area contributed by atoms with Gasteiger partial charge in [0.2, 0.25) is 0 Å². The van der Waals surface area contributed by atoms with E-state index in [9.17, 15) is 0 Å². The van der Waals surface area contributed by atoms with Gasteiger partial charge in [-0.3, -0.25) is 9.98 Å². The Kier molecular flexibility index (Phi) is 5.23. The normalized spacial score (nSPS) is 13.3. The largest absolute Gasteiger partial charge is 0.276 e. The molecule has 1 rings (SSSR count). The first kappa shape index (κ1) is 12.9. The first-order valence-electron chi connectivity index (χ1n) is 4.71. The van der Waals surface area contributed by atoms with Crippen LogP contribution in [0.25, 0.3) is 0 Å². The number of aliphatic imine (C=N–C) groups is 2. The Hall–Kier alpha value is -1.12. The van der Waals surface area contributed by atoms with Crippen molar-refractivity contribution < 1.29 is 0 Å². The lowest BCUT2D eigenvalue weighted by Crippen LogP contribution is -2.01. The molecule has 0 amide bonds. The predicted octanol–water partition coefficient (Wildman–Crippen LogP) is 3.65. The van der Waals surface area contributed by atoms with E-state index < -0.39 is 0 Å². The molecule has 4 heteroatoms. The van der Waals surface area contributed by atoms with Gasteiger partial charge in [-0.2, -0.15) is 0 Å². The summed E-state index contributed by atoms with van der Waals surface area (Å²) in [6.45, 7) is 3.39. The van der Waals surface area contributed by atoms with E-state index in [1.54, 1.807) is 7.05 Å². The summed E-state index contributed by atoms with van der Waals surface area (Å²) >= 11 is 11.9. The smallest absolute Gasteiger partial charge is 0.134 e. The summed E-state index contributed by atoms with van der Waals surface area (Å²) in [5.41, 5.74) is 1.79. The summed E-state index contributed by atoms with van der Waals surface area (Å²) in [6.07, 6.45) is 0.592. The molecule has 0 aliphatic heterocycles. The molecule has 0 aromatic heterocycles. The van der Waals surface area contributed by atoms with Crippen molar-refractivity contribution in [2.75, 3.05) is 7.05 Å². The van der Waals surface area contributed by atoms with Crippen molar-refractivity contribution in [3.63, 3.8) is 0 Å². The standard InChI is InChI=1S/C12H12Cl2N2/c1-15-11(13)10(12(14)16-2)8-9-6-4-3-5-7-9/h3-7H,1,8H2,2H3/b11-10-,16-12?. The molecule has 0 fully saturated rings. The Morgan fingerprint density at radius 1 is 1.25 bits per heavy atom. The number of benzene rings is 1. The van der Waals surface area contributed by atoms with Crippen LogP contribution in [0.15, 0.2) is 51.0 Å². The van der Waals surface area contributed by atoms with Crippen molar-refractivity contribution in [2.45, 2.75) is 6.42 Å². The second kappa shape index (κ2) is 6.46. The van der Waals surface area contributed by atoms with Gasteiger partial charge < -0.3 is 0 Å². The number of halogens is 2. The molecular formula is C12H12Cl2N2. The lowest BCUT2D eigenvalue weighted by molar-refractivity contribution is 1.19. The van der Waals surface area contributed by atoms with Crippen LogP contribution in [0.5, 0.6) is 0 Å². The van der Waals surface area contributed by atoms with Crippen molar-refractivity contribution in [1.29, 1.82) is 0 Å². The van der Waals surface area contributed by atoms with E-state index in [1.165, 1.54) is 0 Å². The topological polar surface area (TPSA) is 24.7 Å². The maximum Gasteiger partial charge on any atom is 0.134 e. The van der Waals surface area contributed by atoms with Crippen molar-refractivity contribution >= 4 is 35.1 Å². The average molecular weight is 255 g/mol. The highest BCUT2D eigenvalue weighted by Crippen LogP contribution is 2.19. The van der Waals surface area contributed by atoms with Gasteiger partial charge in [0.05, 0.1) is 0 Å². The van der Waals surface area contributed by atoms with Gasteiger partial charge in [0.25, 0.3) is 0 Å². The summed E-state index contributed by atoms with van der Waals surface area (Å²) in [5.74, 6) is 0. The van der Waals surface area contributed by atoms with E-state index in [-0.39, 0.29) is 0 Å². The van der Waals surface area contributed by atoms with Gasteiger partial charge in [-0.05, 0) is 12.3 Å². The molecule has 0 spiro atoms. The predicted molar refractivity (Wildman–Crippen MR) is 71.8 cm³/mol. The first-order valence-corrected chi connectivity index (χ1v) is 5.46. The molecule has 0 heterocycles. The van der Waals surface area contributed by atoms with Gasteiger partial charge in [0.15, 0.2) is 0 Å². The fourth-order valence-electron chi connectivity index (χ4n) is 1.26. The second-order valence-corrected chi connectivity index (χ2v) is 3.82. The fraction of sp³-hybridized carbons (Fsp3) is 0.167. The number of hydrogen-bond acceptors (Lipinski definition) is 2. The minimum atomic E-state index is 0.291. The third-order valence-electron chi connectivity index (χ3n) is 2.06. The monoisotopic (exact) mass is 254 g/mol. The maximum absolute atomic E-state index is 5.97. The molecule has 0 atom stereocenters. The van der Waals surface area contributed by atoms with Crippen LogP contribution in [0.3, 0.4) is 0 Å². The number of nitrogens with zero attached hydrogens (tertiary/aromatic N) is 2. The van der Waals surface area contributed by atoms with E-state index >= 15 is 0 Å². The van der Waals surface area contributed by atoms with Crippen LogP contribution in [0.2, 0.25) is 0 Å². The molecule has 0 saturated heterocycles. The highest BCUT2D eigenvalue weighted by Gasteiger charge is 2.09. The average Bonchev–Trinajstić information content (AvgIpc) is 2.35. The molecule has 0 saturated carbocycles. The molecule has 0 bridgehead atoms. The second-order valence-electron chi connectivity index (χ2n) is 3.10. The Labute approximate surface area is 105 Å². The third kappa shape index (κ3) is 3.47. The zero-order valence-electron chi connectivity index (χ0n) is 8.95.